The van der Waals surface area contributed by atoms with Crippen molar-refractivity contribution in [3.63, 3.8) is 0 Å². The van der Waals surface area contributed by atoms with Crippen molar-refractivity contribution in [3.05, 3.63) is 53.7 Å². The van der Waals surface area contributed by atoms with Gasteiger partial charge in [0.1, 0.15) is 6.07 Å². The number of hydrogen-bond acceptors (Lipinski definition) is 6. The van der Waals surface area contributed by atoms with Crippen molar-refractivity contribution in [2.45, 2.75) is 43.9 Å². The lowest BCUT2D eigenvalue weighted by atomic mass is 10.1. The van der Waals surface area contributed by atoms with E-state index in [9.17, 15) is 23.3 Å². The van der Waals surface area contributed by atoms with Crippen molar-refractivity contribution in [2.24, 2.45) is 0 Å². The first kappa shape index (κ1) is 28.7. The lowest BCUT2D eigenvalue weighted by Crippen LogP contribution is -2.35. The van der Waals surface area contributed by atoms with E-state index in [0.717, 1.165) is 44.2 Å². The summed E-state index contributed by atoms with van der Waals surface area (Å²) in [6.45, 7) is 3.29. The normalized spacial score (nSPS) is 11.3. The average molecular weight is 539 g/mol. The van der Waals surface area contributed by atoms with E-state index >= 15 is 0 Å². The van der Waals surface area contributed by atoms with Crippen LogP contribution in [0.4, 0.5) is 11.4 Å². The van der Waals surface area contributed by atoms with E-state index in [1.807, 2.05) is 21.0 Å². The van der Waals surface area contributed by atoms with Gasteiger partial charge < -0.3 is 20.5 Å². The number of benzene rings is 2. The molecule has 0 saturated heterocycles. The Morgan fingerprint density at radius 3 is 2.50 bits per heavy atom. The minimum absolute atomic E-state index is 0.0919. The van der Waals surface area contributed by atoms with Gasteiger partial charge in [-0.3, -0.25) is 14.3 Å². The number of aryl methyl sites for hydroxylation is 1. The van der Waals surface area contributed by atoms with E-state index in [4.69, 9.17) is 0 Å². The zero-order valence-corrected chi connectivity index (χ0v) is 22.7. The molecule has 0 unspecified atom stereocenters. The fourth-order valence-electron chi connectivity index (χ4n) is 4.09. The van der Waals surface area contributed by atoms with Gasteiger partial charge in [0.25, 0.3) is 10.0 Å². The minimum Gasteiger partial charge on any atom is -0.358 e. The zero-order chi connectivity index (χ0) is 27.7. The maximum absolute atomic E-state index is 13.1. The highest BCUT2D eigenvalue weighted by molar-refractivity contribution is 7.92. The van der Waals surface area contributed by atoms with Crippen LogP contribution < -0.4 is 15.4 Å². The summed E-state index contributed by atoms with van der Waals surface area (Å²) < 4.78 is 28.7. The molecule has 0 radical (unpaired) electrons. The summed E-state index contributed by atoms with van der Waals surface area (Å²) in [5, 5.41) is 15.0. The molecule has 0 fully saturated rings. The summed E-state index contributed by atoms with van der Waals surface area (Å²) in [5.41, 5.74) is 2.22. The van der Waals surface area contributed by atoms with Gasteiger partial charge in [-0.05, 0) is 70.2 Å². The van der Waals surface area contributed by atoms with Gasteiger partial charge in [-0.1, -0.05) is 31.4 Å². The molecule has 2 aromatic carbocycles. The molecule has 2 amide bonds. The monoisotopic (exact) mass is 538 g/mol. The number of carbonyl (C=O) groups excluding carboxylic acids is 2. The maximum Gasteiger partial charge on any atom is 0.313 e. The number of nitriles is 1. The minimum atomic E-state index is -4.03. The van der Waals surface area contributed by atoms with Crippen molar-refractivity contribution < 1.29 is 18.0 Å². The quantitative estimate of drug-likeness (QED) is 0.204. The Morgan fingerprint density at radius 2 is 1.76 bits per heavy atom. The van der Waals surface area contributed by atoms with Crippen molar-refractivity contribution in [3.8, 4) is 6.07 Å². The molecule has 1 aromatic heterocycles. The summed E-state index contributed by atoms with van der Waals surface area (Å²) in [5.74, 6) is -1.64. The number of amides is 2. The molecule has 10 nitrogen and oxygen atoms in total. The first-order chi connectivity index (χ1) is 18.1. The molecule has 0 aliphatic rings. The van der Waals surface area contributed by atoms with Crippen LogP contribution >= 0.6 is 0 Å². The number of anilines is 2. The van der Waals surface area contributed by atoms with Crippen LogP contribution in [0.15, 0.2) is 47.5 Å². The van der Waals surface area contributed by atoms with Crippen LogP contribution in [-0.4, -0.2) is 57.3 Å². The Kier molecular flexibility index (Phi) is 9.87. The summed E-state index contributed by atoms with van der Waals surface area (Å²) in [4.78, 5) is 29.5. The molecule has 0 spiro atoms. The van der Waals surface area contributed by atoms with Crippen LogP contribution in [0.2, 0.25) is 0 Å². The fraction of sp³-hybridized carbons (Fsp3) is 0.370. The highest BCUT2D eigenvalue weighted by Gasteiger charge is 2.19. The molecule has 0 atom stereocenters. The van der Waals surface area contributed by atoms with Crippen LogP contribution in [0, 0.1) is 18.3 Å². The second kappa shape index (κ2) is 13.1. The van der Waals surface area contributed by atoms with E-state index in [2.05, 4.69) is 31.3 Å². The van der Waals surface area contributed by atoms with Gasteiger partial charge in [0.05, 0.1) is 21.7 Å². The number of nitrogens with one attached hydrogen (secondary N) is 4. The number of aromatic amines is 1. The predicted octanol–water partition coefficient (Wildman–Crippen LogP) is 3.72. The lowest BCUT2D eigenvalue weighted by molar-refractivity contribution is -0.136. The van der Waals surface area contributed by atoms with Crippen LogP contribution in [-0.2, 0) is 19.6 Å². The second-order valence-electron chi connectivity index (χ2n) is 9.41. The Labute approximate surface area is 223 Å². The largest absolute Gasteiger partial charge is 0.358 e. The molecule has 38 heavy (non-hydrogen) atoms. The predicted molar refractivity (Wildman–Crippen MR) is 148 cm³/mol. The van der Waals surface area contributed by atoms with E-state index in [1.165, 1.54) is 30.5 Å². The summed E-state index contributed by atoms with van der Waals surface area (Å²) in [6, 6.07) is 11.1. The molecule has 0 bridgehead atoms. The van der Waals surface area contributed by atoms with Gasteiger partial charge in [-0.25, -0.2) is 8.42 Å². The number of nitrogens with zero attached hydrogens (tertiary/aromatic N) is 2. The van der Waals surface area contributed by atoms with Crippen molar-refractivity contribution in [1.29, 1.82) is 5.26 Å². The standard InChI is InChI=1S/C27H34N6O4S/c1-19-12-13-23(25-24(19)20(17-28)18-30-25)32-38(36,37)22-11-9-10-21(16-22)31-27(35)26(34)29-14-7-5-4-6-8-15-33(2)3/h9-13,16,18,30,32H,4-8,14-15H2,1-3H3,(H,29,34)(H,31,35). The smallest absolute Gasteiger partial charge is 0.313 e. The van der Waals surface area contributed by atoms with Crippen molar-refractivity contribution in [1.82, 2.24) is 15.2 Å². The van der Waals surface area contributed by atoms with Crippen LogP contribution in [0.25, 0.3) is 10.9 Å². The first-order valence-corrected chi connectivity index (χ1v) is 14.0. The number of rotatable bonds is 12. The summed E-state index contributed by atoms with van der Waals surface area (Å²) >= 11 is 0. The highest BCUT2D eigenvalue weighted by atomic mass is 32.2. The van der Waals surface area contributed by atoms with Gasteiger partial charge in [0.15, 0.2) is 0 Å². The number of H-pyrrole nitrogens is 1. The number of unbranched alkanes of at least 4 members (excludes halogenated alkanes) is 4. The van der Waals surface area contributed by atoms with E-state index in [1.54, 1.807) is 12.1 Å². The Balaban J connectivity index is 1.57. The molecule has 202 valence electrons. The molecule has 0 aliphatic carbocycles. The van der Waals surface area contributed by atoms with Crippen LogP contribution in [0.1, 0.15) is 43.2 Å². The molecular formula is C27H34N6O4S. The molecule has 4 N–H and O–H groups in total. The topological polar surface area (TPSA) is 147 Å². The molecule has 3 aromatic rings. The molecule has 11 heteroatoms. The number of aromatic nitrogens is 1. The third-order valence-electron chi connectivity index (χ3n) is 6.08. The van der Waals surface area contributed by atoms with Crippen LogP contribution in [0.5, 0.6) is 0 Å². The van der Waals surface area contributed by atoms with E-state index < -0.39 is 21.8 Å². The Hall–Kier alpha value is -3.88. The maximum atomic E-state index is 13.1. The molecule has 3 rings (SSSR count). The van der Waals surface area contributed by atoms with E-state index in [0.29, 0.717) is 28.7 Å². The number of fused-ring (bicyclic) bond motifs is 1. The molecule has 0 aliphatic heterocycles. The number of carbonyl (C=O) groups is 2. The average Bonchev–Trinajstić information content (AvgIpc) is 3.32. The number of hydrogen-bond donors (Lipinski definition) is 4. The fourth-order valence-corrected chi connectivity index (χ4v) is 5.21. The van der Waals surface area contributed by atoms with Crippen molar-refractivity contribution in [2.75, 3.05) is 37.2 Å². The van der Waals surface area contributed by atoms with E-state index in [-0.39, 0.29) is 10.6 Å². The SMILES string of the molecule is Cc1ccc(NS(=O)(=O)c2cccc(NC(=O)C(=O)NCCCCCCCN(C)C)c2)c2[nH]cc(C#N)c12. The van der Waals surface area contributed by atoms with Crippen LogP contribution in [0.3, 0.4) is 0 Å². The van der Waals surface area contributed by atoms with Crippen molar-refractivity contribution >= 4 is 44.1 Å². The molecule has 0 saturated carbocycles. The zero-order valence-electron chi connectivity index (χ0n) is 21.9. The lowest BCUT2D eigenvalue weighted by Gasteiger charge is -2.12. The molecule has 1 heterocycles. The second-order valence-corrected chi connectivity index (χ2v) is 11.1. The van der Waals surface area contributed by atoms with Gasteiger partial charge in [0, 0.05) is 23.8 Å². The number of sulfonamides is 1. The van der Waals surface area contributed by atoms with Gasteiger partial charge in [-0.15, -0.1) is 0 Å². The summed E-state index contributed by atoms with van der Waals surface area (Å²) in [7, 11) is 0.0605. The van der Waals surface area contributed by atoms with Gasteiger partial charge in [-0.2, -0.15) is 5.26 Å². The third kappa shape index (κ3) is 7.57. The Bertz CT molecular complexity index is 1440. The van der Waals surface area contributed by atoms with Gasteiger partial charge >= 0.3 is 11.8 Å². The summed E-state index contributed by atoms with van der Waals surface area (Å²) in [6.07, 6.45) is 6.61. The Morgan fingerprint density at radius 1 is 1.03 bits per heavy atom. The highest BCUT2D eigenvalue weighted by Crippen LogP contribution is 2.30. The van der Waals surface area contributed by atoms with Gasteiger partial charge in [0.2, 0.25) is 0 Å². The third-order valence-corrected chi connectivity index (χ3v) is 7.45. The first-order valence-electron chi connectivity index (χ1n) is 12.5. The molecular weight excluding hydrogens is 504 g/mol.